The van der Waals surface area contributed by atoms with Crippen molar-refractivity contribution in [3.63, 3.8) is 0 Å². The average Bonchev–Trinajstić information content (AvgIpc) is 3.18. The number of carbonyl (C=O) groups is 5. The van der Waals surface area contributed by atoms with Crippen molar-refractivity contribution in [3.05, 3.63) is 95.6 Å². The van der Waals surface area contributed by atoms with Crippen LogP contribution in [0, 0.1) is 0 Å². The van der Waals surface area contributed by atoms with E-state index >= 15 is 0 Å². The number of rotatable bonds is 26. The zero-order valence-corrected chi connectivity index (χ0v) is 32.2. The number of amides is 3. The summed E-state index contributed by atoms with van der Waals surface area (Å²) in [5.41, 5.74) is 2.07. The summed E-state index contributed by atoms with van der Waals surface area (Å²) < 4.78 is 10.1. The fourth-order valence-corrected chi connectivity index (χ4v) is 6.07. The van der Waals surface area contributed by atoms with Crippen molar-refractivity contribution in [2.75, 3.05) is 17.7 Å². The summed E-state index contributed by atoms with van der Waals surface area (Å²) in [6.07, 6.45) is 19.0. The molecule has 10 nitrogen and oxygen atoms in total. The van der Waals surface area contributed by atoms with Gasteiger partial charge in [0.2, 0.25) is 11.8 Å². The van der Waals surface area contributed by atoms with E-state index in [4.69, 9.17) is 9.47 Å². The quantitative estimate of drug-likeness (QED) is 0.0550. The van der Waals surface area contributed by atoms with Crippen LogP contribution in [0.3, 0.4) is 0 Å². The van der Waals surface area contributed by atoms with E-state index in [0.717, 1.165) is 24.8 Å². The molecule has 3 amide bonds. The highest BCUT2D eigenvalue weighted by molar-refractivity contribution is 6.03. The third-order valence-corrected chi connectivity index (χ3v) is 9.22. The first kappa shape index (κ1) is 43.4. The molecule has 54 heavy (non-hydrogen) atoms. The van der Waals surface area contributed by atoms with Crippen LogP contribution in [0.5, 0.6) is 0 Å². The maximum atomic E-state index is 13.4. The molecule has 10 heteroatoms. The molecule has 0 heterocycles. The molecule has 0 saturated carbocycles. The summed E-state index contributed by atoms with van der Waals surface area (Å²) in [7, 11) is 1.25. The molecule has 0 aliphatic rings. The molecule has 0 saturated heterocycles. The Morgan fingerprint density at radius 3 is 1.80 bits per heavy atom. The molecule has 0 aliphatic heterocycles. The maximum absolute atomic E-state index is 13.4. The number of ether oxygens (including phenoxy) is 2. The highest BCUT2D eigenvalue weighted by Crippen LogP contribution is 2.17. The van der Waals surface area contributed by atoms with Gasteiger partial charge in [-0.15, -0.1) is 0 Å². The number of esters is 2. The molecule has 0 unspecified atom stereocenters. The van der Waals surface area contributed by atoms with E-state index in [1.807, 2.05) is 18.2 Å². The van der Waals surface area contributed by atoms with Crippen LogP contribution in [0.15, 0.2) is 78.9 Å². The monoisotopic (exact) mass is 741 g/mol. The van der Waals surface area contributed by atoms with E-state index in [-0.39, 0.29) is 29.3 Å². The SMILES string of the molecule is CCCCCCCCCCCCCCCCCC(=O)Nc1ccc(C(=O)N[C@@H](CC(=O)OCc2ccccc2)C(=O)Nc2cccc(C(=O)OC)c2)cc1. The third-order valence-electron chi connectivity index (χ3n) is 9.22. The van der Waals surface area contributed by atoms with Crippen LogP contribution in [0.1, 0.15) is 142 Å². The van der Waals surface area contributed by atoms with Gasteiger partial charge >= 0.3 is 11.9 Å². The second-order valence-electron chi connectivity index (χ2n) is 13.8. The van der Waals surface area contributed by atoms with Gasteiger partial charge in [0.15, 0.2) is 0 Å². The maximum Gasteiger partial charge on any atom is 0.337 e. The van der Waals surface area contributed by atoms with Gasteiger partial charge in [-0.3, -0.25) is 19.2 Å². The van der Waals surface area contributed by atoms with Gasteiger partial charge in [-0.05, 0) is 54.4 Å². The number of hydrogen-bond donors (Lipinski definition) is 3. The van der Waals surface area contributed by atoms with Crippen molar-refractivity contribution < 1.29 is 33.4 Å². The molecule has 1 atom stereocenters. The summed E-state index contributed by atoms with van der Waals surface area (Å²) in [6.45, 7) is 2.27. The molecule has 0 radical (unpaired) electrons. The fraction of sp³-hybridized carbons (Fsp3) is 0.477. The Balaban J connectivity index is 1.42. The minimum atomic E-state index is -1.29. The van der Waals surface area contributed by atoms with Gasteiger partial charge in [-0.25, -0.2) is 4.79 Å². The Morgan fingerprint density at radius 1 is 0.611 bits per heavy atom. The van der Waals surface area contributed by atoms with Gasteiger partial charge in [0.1, 0.15) is 12.6 Å². The van der Waals surface area contributed by atoms with Gasteiger partial charge < -0.3 is 25.4 Å². The topological polar surface area (TPSA) is 140 Å². The first-order valence-corrected chi connectivity index (χ1v) is 19.7. The predicted octanol–water partition coefficient (Wildman–Crippen LogP) is 9.54. The molecule has 0 aliphatic carbocycles. The smallest absolute Gasteiger partial charge is 0.337 e. The van der Waals surface area contributed by atoms with Crippen molar-refractivity contribution in [1.29, 1.82) is 0 Å². The molecule has 0 aromatic heterocycles. The Hall–Kier alpha value is -4.99. The zero-order chi connectivity index (χ0) is 38.8. The predicted molar refractivity (Wildman–Crippen MR) is 213 cm³/mol. The summed E-state index contributed by atoms with van der Waals surface area (Å²) in [5, 5.41) is 8.18. The number of hydrogen-bond acceptors (Lipinski definition) is 7. The van der Waals surface area contributed by atoms with E-state index in [2.05, 4.69) is 22.9 Å². The molecule has 0 bridgehead atoms. The Bertz CT molecular complexity index is 1580. The molecule has 0 fully saturated rings. The lowest BCUT2D eigenvalue weighted by atomic mass is 10.0. The molecule has 3 aromatic rings. The van der Waals surface area contributed by atoms with Crippen molar-refractivity contribution in [2.24, 2.45) is 0 Å². The lowest BCUT2D eigenvalue weighted by Gasteiger charge is -2.18. The molecular formula is C44H59N3O7. The van der Waals surface area contributed by atoms with Gasteiger partial charge in [-0.1, -0.05) is 133 Å². The Kier molecular flexibility index (Phi) is 20.8. The van der Waals surface area contributed by atoms with E-state index in [0.29, 0.717) is 12.1 Å². The number of anilines is 2. The zero-order valence-electron chi connectivity index (χ0n) is 32.2. The van der Waals surface area contributed by atoms with Crippen molar-refractivity contribution in [3.8, 4) is 0 Å². The van der Waals surface area contributed by atoms with E-state index in [9.17, 15) is 24.0 Å². The fourth-order valence-electron chi connectivity index (χ4n) is 6.07. The Labute approximate surface area is 321 Å². The van der Waals surface area contributed by atoms with Crippen LogP contribution in [-0.2, 0) is 30.5 Å². The number of nitrogens with one attached hydrogen (secondary N) is 3. The van der Waals surface area contributed by atoms with Crippen LogP contribution in [0.4, 0.5) is 11.4 Å². The van der Waals surface area contributed by atoms with Crippen LogP contribution in [0.25, 0.3) is 0 Å². The van der Waals surface area contributed by atoms with Crippen LogP contribution in [-0.4, -0.2) is 42.8 Å². The summed E-state index contributed by atoms with van der Waals surface area (Å²) >= 11 is 0. The minimum Gasteiger partial charge on any atom is -0.465 e. The average molecular weight is 742 g/mol. The second kappa shape index (κ2) is 25.9. The van der Waals surface area contributed by atoms with Crippen molar-refractivity contribution in [2.45, 2.75) is 129 Å². The van der Waals surface area contributed by atoms with Crippen LogP contribution in [0.2, 0.25) is 0 Å². The highest BCUT2D eigenvalue weighted by atomic mass is 16.5. The van der Waals surface area contributed by atoms with E-state index in [1.165, 1.54) is 96.3 Å². The van der Waals surface area contributed by atoms with E-state index < -0.39 is 36.2 Å². The van der Waals surface area contributed by atoms with Crippen LogP contribution < -0.4 is 16.0 Å². The molecular weight excluding hydrogens is 682 g/mol. The van der Waals surface area contributed by atoms with Gasteiger partial charge in [0.05, 0.1) is 19.1 Å². The largest absolute Gasteiger partial charge is 0.465 e. The van der Waals surface area contributed by atoms with Crippen LogP contribution >= 0.6 is 0 Å². The summed E-state index contributed by atoms with van der Waals surface area (Å²) in [6, 6.07) is 20.3. The van der Waals surface area contributed by atoms with Gasteiger partial charge in [0, 0.05) is 23.4 Å². The normalized spacial score (nSPS) is 11.3. The number of methoxy groups -OCH3 is 1. The van der Waals surface area contributed by atoms with Gasteiger partial charge in [-0.2, -0.15) is 0 Å². The molecule has 3 rings (SSSR count). The first-order chi connectivity index (χ1) is 26.3. The molecule has 3 aromatic carbocycles. The number of carbonyl (C=O) groups excluding carboxylic acids is 5. The summed E-state index contributed by atoms with van der Waals surface area (Å²) in [5.74, 6) is -2.61. The third kappa shape index (κ3) is 17.7. The van der Waals surface area contributed by atoms with Crippen molar-refractivity contribution >= 4 is 41.0 Å². The number of unbranched alkanes of at least 4 members (excludes halogenated alkanes) is 14. The van der Waals surface area contributed by atoms with Crippen molar-refractivity contribution in [1.82, 2.24) is 5.32 Å². The molecule has 0 spiro atoms. The second-order valence-corrected chi connectivity index (χ2v) is 13.8. The molecule has 3 N–H and O–H groups in total. The lowest BCUT2D eigenvalue weighted by Crippen LogP contribution is -2.45. The lowest BCUT2D eigenvalue weighted by molar-refractivity contribution is -0.146. The standard InChI is InChI=1S/C44H59N3O7/c1-3-4-5-6-7-8-9-10-11-12-13-14-15-16-20-26-40(48)45-37-29-27-35(28-30-37)42(50)47-39(32-41(49)54-33-34-22-18-17-19-23-34)43(51)46-38-25-21-24-36(31-38)44(52)53-2/h17-19,21-25,27-31,39H,3-16,20,26,32-33H2,1-2H3,(H,45,48)(H,46,51)(H,47,50)/t39-/m0/s1. The molecule has 292 valence electrons. The first-order valence-electron chi connectivity index (χ1n) is 19.7. The number of benzene rings is 3. The van der Waals surface area contributed by atoms with E-state index in [1.54, 1.807) is 48.5 Å². The van der Waals surface area contributed by atoms with Gasteiger partial charge in [0.25, 0.3) is 5.91 Å². The Morgan fingerprint density at radius 2 is 1.20 bits per heavy atom. The minimum absolute atomic E-state index is 0.00968. The highest BCUT2D eigenvalue weighted by Gasteiger charge is 2.26. The summed E-state index contributed by atoms with van der Waals surface area (Å²) in [4.78, 5) is 64.0.